The molecule has 3 heteroatoms. The summed E-state index contributed by atoms with van der Waals surface area (Å²) in [4.78, 5) is 3.27. The molecule has 0 amide bonds. The number of aliphatic hydroxyl groups excluding tert-OH is 1. The van der Waals surface area contributed by atoms with Gasteiger partial charge in [-0.05, 0) is 25.1 Å². The predicted octanol–water partition coefficient (Wildman–Crippen LogP) is 3.15. The minimum Gasteiger partial charge on any atom is -0.466 e. The van der Waals surface area contributed by atoms with Crippen LogP contribution >= 0.6 is 0 Å². The highest BCUT2D eigenvalue weighted by atomic mass is 16.4. The third-order valence-electron chi connectivity index (χ3n) is 3.03. The summed E-state index contributed by atoms with van der Waals surface area (Å²) in [6.07, 6.45) is 0.851. The van der Waals surface area contributed by atoms with Crippen molar-refractivity contribution in [2.75, 3.05) is 0 Å². The summed E-state index contributed by atoms with van der Waals surface area (Å²) >= 11 is 0. The largest absolute Gasteiger partial charge is 0.466 e. The number of rotatable bonds is 2. The van der Waals surface area contributed by atoms with Crippen LogP contribution in [-0.2, 0) is 0 Å². The van der Waals surface area contributed by atoms with Gasteiger partial charge in [0.2, 0.25) is 0 Å². The molecule has 0 aliphatic rings. The van der Waals surface area contributed by atoms with E-state index in [4.69, 9.17) is 4.42 Å². The first-order valence-corrected chi connectivity index (χ1v) is 5.56. The van der Waals surface area contributed by atoms with Crippen LogP contribution in [0.25, 0.3) is 10.9 Å². The second kappa shape index (κ2) is 3.79. The smallest absolute Gasteiger partial charge is 0.139 e. The van der Waals surface area contributed by atoms with E-state index >= 15 is 0 Å². The molecule has 3 aromatic rings. The Morgan fingerprint density at radius 3 is 2.76 bits per heavy atom. The number of fused-ring (bicyclic) bond motifs is 1. The molecule has 2 heterocycles. The first-order valence-electron chi connectivity index (χ1n) is 5.56. The van der Waals surface area contributed by atoms with E-state index in [9.17, 15) is 5.11 Å². The van der Waals surface area contributed by atoms with Crippen LogP contribution in [0.5, 0.6) is 0 Å². The second-order valence-corrected chi connectivity index (χ2v) is 4.13. The molecule has 0 spiro atoms. The van der Waals surface area contributed by atoms with E-state index in [1.54, 1.807) is 18.4 Å². The molecule has 1 unspecified atom stereocenters. The fourth-order valence-corrected chi connectivity index (χ4v) is 2.24. The second-order valence-electron chi connectivity index (χ2n) is 4.13. The van der Waals surface area contributed by atoms with Gasteiger partial charge >= 0.3 is 0 Å². The monoisotopic (exact) mass is 227 g/mol. The van der Waals surface area contributed by atoms with E-state index in [0.717, 1.165) is 22.2 Å². The Hall–Kier alpha value is -2.00. The first-order chi connectivity index (χ1) is 8.27. The average molecular weight is 227 g/mol. The molecule has 3 nitrogen and oxygen atoms in total. The molecule has 0 saturated heterocycles. The molecule has 0 aliphatic heterocycles. The number of aliphatic hydroxyl groups is 1. The number of benzene rings is 1. The van der Waals surface area contributed by atoms with Crippen molar-refractivity contribution < 1.29 is 9.52 Å². The van der Waals surface area contributed by atoms with Gasteiger partial charge in [-0.15, -0.1) is 0 Å². The van der Waals surface area contributed by atoms with Gasteiger partial charge in [0.05, 0.1) is 6.26 Å². The quantitative estimate of drug-likeness (QED) is 0.706. The maximum Gasteiger partial charge on any atom is 0.139 e. The Morgan fingerprint density at radius 2 is 2.00 bits per heavy atom. The third kappa shape index (κ3) is 1.56. The Morgan fingerprint density at radius 1 is 1.18 bits per heavy atom. The lowest BCUT2D eigenvalue weighted by Crippen LogP contribution is -1.99. The topological polar surface area (TPSA) is 49.2 Å². The van der Waals surface area contributed by atoms with Crippen molar-refractivity contribution in [2.45, 2.75) is 13.0 Å². The minimum atomic E-state index is -0.721. The van der Waals surface area contributed by atoms with Crippen LogP contribution in [0.4, 0.5) is 0 Å². The Balaban J connectivity index is 2.20. The zero-order valence-corrected chi connectivity index (χ0v) is 9.47. The number of H-pyrrole nitrogens is 1. The molecule has 86 valence electrons. The Bertz CT molecular complexity index is 637. The average Bonchev–Trinajstić information content (AvgIpc) is 2.94. The van der Waals surface area contributed by atoms with Crippen molar-refractivity contribution in [3.8, 4) is 0 Å². The number of furan rings is 1. The third-order valence-corrected chi connectivity index (χ3v) is 3.03. The first kappa shape index (κ1) is 10.2. The van der Waals surface area contributed by atoms with Gasteiger partial charge in [0, 0.05) is 22.2 Å². The zero-order valence-electron chi connectivity index (χ0n) is 9.47. The minimum absolute atomic E-state index is 0.567. The van der Waals surface area contributed by atoms with Gasteiger partial charge in [0.15, 0.2) is 0 Å². The van der Waals surface area contributed by atoms with Gasteiger partial charge in [-0.1, -0.05) is 18.2 Å². The maximum atomic E-state index is 10.3. The fraction of sp³-hybridized carbons (Fsp3) is 0.143. The van der Waals surface area contributed by atoms with Gasteiger partial charge in [0.25, 0.3) is 0 Å². The molecule has 2 aromatic heterocycles. The number of hydrogen-bond acceptors (Lipinski definition) is 2. The summed E-state index contributed by atoms with van der Waals surface area (Å²) < 4.78 is 5.26. The van der Waals surface area contributed by atoms with Crippen LogP contribution < -0.4 is 0 Å². The van der Waals surface area contributed by atoms with E-state index in [2.05, 4.69) is 4.98 Å². The van der Waals surface area contributed by atoms with Crippen molar-refractivity contribution in [1.82, 2.24) is 4.98 Å². The lowest BCUT2D eigenvalue weighted by molar-refractivity contribution is 0.190. The fourth-order valence-electron chi connectivity index (χ4n) is 2.24. The standard InChI is InChI=1S/C14H13NO2/c1-9-13(14(16)12-7-4-8-17-12)10-5-2-3-6-11(10)15-9/h2-8,14-16H,1H3. The summed E-state index contributed by atoms with van der Waals surface area (Å²) in [6, 6.07) is 11.5. The molecule has 0 radical (unpaired) electrons. The van der Waals surface area contributed by atoms with E-state index < -0.39 is 6.10 Å². The summed E-state index contributed by atoms with van der Waals surface area (Å²) in [5.41, 5.74) is 2.89. The number of aromatic amines is 1. The molecule has 0 saturated carbocycles. The van der Waals surface area contributed by atoms with Crippen molar-refractivity contribution in [1.29, 1.82) is 0 Å². The predicted molar refractivity (Wildman–Crippen MR) is 65.8 cm³/mol. The van der Waals surface area contributed by atoms with E-state index in [1.165, 1.54) is 0 Å². The van der Waals surface area contributed by atoms with Crippen molar-refractivity contribution in [3.63, 3.8) is 0 Å². The lowest BCUT2D eigenvalue weighted by atomic mass is 10.0. The van der Waals surface area contributed by atoms with E-state index in [1.807, 2.05) is 31.2 Å². The Labute approximate surface area is 98.7 Å². The lowest BCUT2D eigenvalue weighted by Gasteiger charge is -2.08. The SMILES string of the molecule is Cc1[nH]c2ccccc2c1C(O)c1ccco1. The summed E-state index contributed by atoms with van der Waals surface area (Å²) in [6.45, 7) is 1.96. The van der Waals surface area contributed by atoms with Crippen LogP contribution in [-0.4, -0.2) is 10.1 Å². The molecule has 0 fully saturated rings. The molecule has 0 aliphatic carbocycles. The van der Waals surface area contributed by atoms with Gasteiger partial charge in [-0.25, -0.2) is 0 Å². The van der Waals surface area contributed by atoms with Gasteiger partial charge in [-0.2, -0.15) is 0 Å². The number of aryl methyl sites for hydroxylation is 1. The van der Waals surface area contributed by atoms with Crippen LogP contribution in [0.15, 0.2) is 47.1 Å². The number of para-hydroxylation sites is 1. The summed E-state index contributed by atoms with van der Waals surface area (Å²) in [5.74, 6) is 0.567. The van der Waals surface area contributed by atoms with E-state index in [0.29, 0.717) is 5.76 Å². The van der Waals surface area contributed by atoms with E-state index in [-0.39, 0.29) is 0 Å². The van der Waals surface area contributed by atoms with Crippen LogP contribution in [0, 0.1) is 6.92 Å². The Kier molecular flexibility index (Phi) is 2.27. The molecule has 17 heavy (non-hydrogen) atoms. The molecular formula is C14H13NO2. The number of aromatic nitrogens is 1. The highest BCUT2D eigenvalue weighted by Crippen LogP contribution is 2.31. The molecule has 1 aromatic carbocycles. The molecule has 0 bridgehead atoms. The molecular weight excluding hydrogens is 214 g/mol. The molecule has 1 atom stereocenters. The van der Waals surface area contributed by atoms with Gasteiger partial charge in [0.1, 0.15) is 11.9 Å². The van der Waals surface area contributed by atoms with Gasteiger partial charge in [-0.3, -0.25) is 0 Å². The summed E-state index contributed by atoms with van der Waals surface area (Å²) in [5, 5.41) is 11.4. The van der Waals surface area contributed by atoms with Gasteiger partial charge < -0.3 is 14.5 Å². The zero-order chi connectivity index (χ0) is 11.8. The highest BCUT2D eigenvalue weighted by molar-refractivity contribution is 5.85. The normalized spacial score (nSPS) is 13.1. The van der Waals surface area contributed by atoms with Crippen LogP contribution in [0.3, 0.4) is 0 Å². The maximum absolute atomic E-state index is 10.3. The summed E-state index contributed by atoms with van der Waals surface area (Å²) in [7, 11) is 0. The highest BCUT2D eigenvalue weighted by Gasteiger charge is 2.19. The van der Waals surface area contributed by atoms with Crippen molar-refractivity contribution in [2.24, 2.45) is 0 Å². The number of hydrogen-bond donors (Lipinski definition) is 2. The van der Waals surface area contributed by atoms with Crippen molar-refractivity contribution >= 4 is 10.9 Å². The number of nitrogens with one attached hydrogen (secondary N) is 1. The van der Waals surface area contributed by atoms with Crippen molar-refractivity contribution in [3.05, 3.63) is 59.7 Å². The molecule has 2 N–H and O–H groups in total. The van der Waals surface area contributed by atoms with Crippen LogP contribution in [0.2, 0.25) is 0 Å². The molecule has 3 rings (SSSR count). The van der Waals surface area contributed by atoms with Crippen LogP contribution in [0.1, 0.15) is 23.1 Å².